The summed E-state index contributed by atoms with van der Waals surface area (Å²) in [5.74, 6) is 0.977. The van der Waals surface area contributed by atoms with Crippen LogP contribution >= 0.6 is 11.6 Å². The van der Waals surface area contributed by atoms with Crippen LogP contribution in [0.3, 0.4) is 0 Å². The molecule has 0 amide bonds. The summed E-state index contributed by atoms with van der Waals surface area (Å²) in [7, 11) is 5.72. The van der Waals surface area contributed by atoms with Gasteiger partial charge in [-0.25, -0.2) is 4.98 Å². The molecule has 0 spiro atoms. The molecule has 0 aliphatic heterocycles. The van der Waals surface area contributed by atoms with Gasteiger partial charge in [-0.3, -0.25) is 9.58 Å². The van der Waals surface area contributed by atoms with Crippen molar-refractivity contribution in [3.63, 3.8) is 0 Å². The van der Waals surface area contributed by atoms with Crippen molar-refractivity contribution in [2.75, 3.05) is 44.4 Å². The smallest absolute Gasteiger partial charge is 0.229 e. The Labute approximate surface area is 165 Å². The highest BCUT2D eigenvalue weighted by Crippen LogP contribution is 2.21. The first-order valence-corrected chi connectivity index (χ1v) is 9.28. The highest BCUT2D eigenvalue weighted by Gasteiger charge is 2.21. The van der Waals surface area contributed by atoms with Crippen LogP contribution in [0.5, 0.6) is 0 Å². The minimum Gasteiger partial charge on any atom is -0.377 e. The van der Waals surface area contributed by atoms with E-state index in [1.165, 1.54) is 0 Å². The minimum absolute atomic E-state index is 0.0886. The van der Waals surface area contributed by atoms with Crippen molar-refractivity contribution in [2.24, 2.45) is 7.05 Å². The second kappa shape index (κ2) is 9.84. The summed E-state index contributed by atoms with van der Waals surface area (Å²) in [5, 5.41) is 21.3. The Hall–Kier alpha value is -1.94. The number of anilines is 3. The number of aryl methyl sites for hydroxylation is 1. The van der Waals surface area contributed by atoms with E-state index < -0.39 is 6.23 Å². The fraction of sp³-hybridized carbons (Fsp3) is 0.588. The molecule has 0 aromatic carbocycles. The van der Waals surface area contributed by atoms with E-state index in [4.69, 9.17) is 11.6 Å². The van der Waals surface area contributed by atoms with E-state index in [0.29, 0.717) is 29.9 Å². The van der Waals surface area contributed by atoms with E-state index in [2.05, 4.69) is 32.6 Å². The Balaban J connectivity index is 2.00. The Bertz CT molecular complexity index is 723. The highest BCUT2D eigenvalue weighted by atomic mass is 35.5. The average molecular weight is 397 g/mol. The van der Waals surface area contributed by atoms with Crippen LogP contribution in [-0.2, 0) is 7.05 Å². The van der Waals surface area contributed by atoms with Gasteiger partial charge in [-0.1, -0.05) is 18.5 Å². The Kier molecular flexibility index (Phi) is 7.78. The number of nitrogens with one attached hydrogen (secondary N) is 2. The molecule has 0 aliphatic rings. The van der Waals surface area contributed by atoms with Gasteiger partial charge < -0.3 is 20.6 Å². The molecule has 2 rings (SSSR count). The van der Waals surface area contributed by atoms with Crippen molar-refractivity contribution in [1.29, 1.82) is 0 Å². The van der Waals surface area contributed by atoms with E-state index in [-0.39, 0.29) is 6.04 Å². The van der Waals surface area contributed by atoms with Crippen LogP contribution in [0.15, 0.2) is 18.6 Å². The Morgan fingerprint density at radius 3 is 2.67 bits per heavy atom. The minimum atomic E-state index is -0.537. The second-order valence-electron chi connectivity index (χ2n) is 6.72. The molecule has 2 aromatic rings. The van der Waals surface area contributed by atoms with Gasteiger partial charge in [-0.15, -0.1) is 0 Å². The lowest BCUT2D eigenvalue weighted by molar-refractivity contribution is -0.0285. The number of halogens is 1. The molecule has 0 saturated carbocycles. The third kappa shape index (κ3) is 6.31. The van der Waals surface area contributed by atoms with E-state index in [1.807, 2.05) is 44.1 Å². The van der Waals surface area contributed by atoms with Gasteiger partial charge >= 0.3 is 0 Å². The zero-order chi connectivity index (χ0) is 20.0. The molecule has 2 atom stereocenters. The number of aromatic nitrogens is 4. The molecule has 2 unspecified atom stereocenters. The quantitative estimate of drug-likeness (QED) is 0.521. The van der Waals surface area contributed by atoms with Gasteiger partial charge in [0.15, 0.2) is 5.82 Å². The van der Waals surface area contributed by atoms with Gasteiger partial charge in [0.25, 0.3) is 0 Å². The molecule has 3 N–H and O–H groups in total. The van der Waals surface area contributed by atoms with Gasteiger partial charge in [0.1, 0.15) is 11.3 Å². The van der Waals surface area contributed by atoms with Gasteiger partial charge in [0.05, 0.1) is 18.1 Å². The Morgan fingerprint density at radius 2 is 2.07 bits per heavy atom. The number of hydrogen-bond donors (Lipinski definition) is 3. The molecule has 0 radical (unpaired) electrons. The van der Waals surface area contributed by atoms with Gasteiger partial charge in [0.2, 0.25) is 5.95 Å². The van der Waals surface area contributed by atoms with E-state index >= 15 is 0 Å². The van der Waals surface area contributed by atoms with Crippen LogP contribution in [0.4, 0.5) is 17.5 Å². The molecule has 9 nitrogen and oxygen atoms in total. The molecule has 2 heterocycles. The SMILES string of the molecule is CCN(C(C)CNc1nc(Nc2cnn(C)c2)ncc1Cl)C(O)CN(C)C. The second-order valence-corrected chi connectivity index (χ2v) is 7.13. The first kappa shape index (κ1) is 21.4. The molecule has 10 heteroatoms. The van der Waals surface area contributed by atoms with Crippen LogP contribution in [0.2, 0.25) is 5.02 Å². The third-order valence-corrected chi connectivity index (χ3v) is 4.39. The first-order valence-electron chi connectivity index (χ1n) is 8.90. The zero-order valence-corrected chi connectivity index (χ0v) is 17.3. The van der Waals surface area contributed by atoms with Crippen molar-refractivity contribution >= 4 is 29.1 Å². The number of hydrogen-bond acceptors (Lipinski definition) is 8. The summed E-state index contributed by atoms with van der Waals surface area (Å²) in [6.07, 6.45) is 4.54. The third-order valence-electron chi connectivity index (χ3n) is 4.11. The van der Waals surface area contributed by atoms with Crippen LogP contribution in [0.1, 0.15) is 13.8 Å². The van der Waals surface area contributed by atoms with Crippen LogP contribution in [0.25, 0.3) is 0 Å². The highest BCUT2D eigenvalue weighted by molar-refractivity contribution is 6.32. The standard InChI is InChI=1S/C17H29ClN8O/c1-6-26(15(27)11-24(3)4)12(2)7-19-16-14(18)9-20-17(23-16)22-13-8-21-25(5)10-13/h8-10,12,15,27H,6-7,11H2,1-5H3,(H2,19,20,22,23). The fourth-order valence-electron chi connectivity index (χ4n) is 2.78. The van der Waals surface area contributed by atoms with Crippen molar-refractivity contribution in [2.45, 2.75) is 26.1 Å². The molecular formula is C17H29ClN8O. The van der Waals surface area contributed by atoms with Gasteiger partial charge in [0, 0.05) is 32.4 Å². The largest absolute Gasteiger partial charge is 0.377 e. The summed E-state index contributed by atoms with van der Waals surface area (Å²) in [6.45, 7) is 5.98. The maximum atomic E-state index is 10.4. The summed E-state index contributed by atoms with van der Waals surface area (Å²) in [6, 6.07) is 0.0886. The van der Waals surface area contributed by atoms with Crippen LogP contribution in [-0.4, -0.2) is 80.7 Å². The molecule has 150 valence electrons. The average Bonchev–Trinajstić information content (AvgIpc) is 3.00. The number of aliphatic hydroxyl groups excluding tert-OH is 1. The van der Waals surface area contributed by atoms with Crippen molar-refractivity contribution in [3.05, 3.63) is 23.6 Å². The van der Waals surface area contributed by atoms with Gasteiger partial charge in [-0.05, 0) is 27.6 Å². The topological polar surface area (TPSA) is 94.4 Å². The number of likely N-dealkylation sites (N-methyl/N-ethyl adjacent to an activating group) is 2. The lowest BCUT2D eigenvalue weighted by Gasteiger charge is -2.34. The molecular weight excluding hydrogens is 368 g/mol. The molecule has 2 aromatic heterocycles. The number of nitrogens with zero attached hydrogens (tertiary/aromatic N) is 6. The molecule has 0 fully saturated rings. The predicted octanol–water partition coefficient (Wildman–Crippen LogP) is 1.61. The van der Waals surface area contributed by atoms with Crippen LogP contribution in [0, 0.1) is 0 Å². The molecule has 0 saturated heterocycles. The fourth-order valence-corrected chi connectivity index (χ4v) is 2.93. The van der Waals surface area contributed by atoms with Crippen LogP contribution < -0.4 is 10.6 Å². The van der Waals surface area contributed by atoms with Gasteiger partial charge in [-0.2, -0.15) is 10.1 Å². The number of aliphatic hydroxyl groups is 1. The van der Waals surface area contributed by atoms with Crippen molar-refractivity contribution in [1.82, 2.24) is 29.5 Å². The molecule has 27 heavy (non-hydrogen) atoms. The zero-order valence-electron chi connectivity index (χ0n) is 16.5. The summed E-state index contributed by atoms with van der Waals surface area (Å²) in [4.78, 5) is 12.6. The maximum Gasteiger partial charge on any atom is 0.229 e. The van der Waals surface area contributed by atoms with Crippen molar-refractivity contribution < 1.29 is 5.11 Å². The lowest BCUT2D eigenvalue weighted by atomic mass is 10.2. The predicted molar refractivity (Wildman–Crippen MR) is 108 cm³/mol. The first-order chi connectivity index (χ1) is 12.8. The molecule has 0 bridgehead atoms. The van der Waals surface area contributed by atoms with Crippen molar-refractivity contribution in [3.8, 4) is 0 Å². The monoisotopic (exact) mass is 396 g/mol. The Morgan fingerprint density at radius 1 is 1.33 bits per heavy atom. The normalized spacial score (nSPS) is 13.8. The van der Waals surface area contributed by atoms with E-state index in [9.17, 15) is 5.11 Å². The van der Waals surface area contributed by atoms with E-state index in [1.54, 1.807) is 17.1 Å². The van der Waals surface area contributed by atoms with E-state index in [0.717, 1.165) is 12.2 Å². The lowest BCUT2D eigenvalue weighted by Crippen LogP contribution is -2.48. The molecule has 0 aliphatic carbocycles. The summed E-state index contributed by atoms with van der Waals surface area (Å²) >= 11 is 6.23. The number of rotatable bonds is 10. The maximum absolute atomic E-state index is 10.4. The summed E-state index contributed by atoms with van der Waals surface area (Å²) < 4.78 is 1.69. The summed E-state index contributed by atoms with van der Waals surface area (Å²) in [5.41, 5.74) is 0.795.